The summed E-state index contributed by atoms with van der Waals surface area (Å²) in [6, 6.07) is 1.41. The molecule has 3 rings (SSSR count). The SMILES string of the molecule is CN(C)CC(=O)NCC1CCN(C(=O)CC[C@H](NC(=O)[C@H]2CCCN2S(=O)(=O)c2cc(Cl)cc(Cl)c2)C(=O)O)CC1. The maximum absolute atomic E-state index is 13.2. The van der Waals surface area contributed by atoms with E-state index in [0.29, 0.717) is 32.6 Å². The number of carboxylic acids is 1. The number of nitrogens with zero attached hydrogens (tertiary/aromatic N) is 3. The van der Waals surface area contributed by atoms with Crippen LogP contribution in [0.25, 0.3) is 0 Å². The number of likely N-dealkylation sites (tertiary alicyclic amines) is 1. The zero-order valence-electron chi connectivity index (χ0n) is 23.1. The summed E-state index contributed by atoms with van der Waals surface area (Å²) < 4.78 is 27.5. The summed E-state index contributed by atoms with van der Waals surface area (Å²) in [6.07, 6.45) is 1.85. The smallest absolute Gasteiger partial charge is 0.326 e. The molecule has 2 aliphatic heterocycles. The minimum Gasteiger partial charge on any atom is -0.480 e. The largest absolute Gasteiger partial charge is 0.480 e. The van der Waals surface area contributed by atoms with Crippen molar-refractivity contribution in [2.75, 3.05) is 46.8 Å². The molecule has 0 saturated carbocycles. The number of nitrogens with one attached hydrogen (secondary N) is 2. The number of amides is 3. The van der Waals surface area contributed by atoms with Gasteiger partial charge >= 0.3 is 5.97 Å². The van der Waals surface area contributed by atoms with Gasteiger partial charge in [0.05, 0.1) is 11.4 Å². The highest BCUT2D eigenvalue weighted by Gasteiger charge is 2.41. The number of carbonyl (C=O) groups is 4. The molecule has 41 heavy (non-hydrogen) atoms. The molecule has 15 heteroatoms. The topological polar surface area (TPSA) is 156 Å². The van der Waals surface area contributed by atoms with E-state index in [1.807, 2.05) is 14.1 Å². The standard InChI is InChI=1S/C26H37Cl2N5O7S/c1-31(2)16-23(34)29-15-17-7-10-32(11-8-17)24(35)6-5-21(26(37)38)30-25(36)22-4-3-9-33(22)41(39,40)20-13-18(27)12-19(28)14-20/h12-14,17,21-22H,3-11,15-16H2,1-2H3,(H,29,34)(H,30,36)(H,37,38)/t21-,22+/m0/s1. The molecule has 228 valence electrons. The number of aliphatic carboxylic acids is 1. The fourth-order valence-electron chi connectivity index (χ4n) is 5.04. The number of carbonyl (C=O) groups excluding carboxylic acids is 3. The van der Waals surface area contributed by atoms with Crippen molar-refractivity contribution in [2.45, 2.75) is 55.5 Å². The van der Waals surface area contributed by atoms with Gasteiger partial charge in [-0.05, 0) is 70.3 Å². The maximum Gasteiger partial charge on any atom is 0.326 e. The van der Waals surface area contributed by atoms with Gasteiger partial charge in [0.2, 0.25) is 27.7 Å². The molecule has 3 amide bonds. The summed E-state index contributed by atoms with van der Waals surface area (Å²) in [5.41, 5.74) is 0. The summed E-state index contributed by atoms with van der Waals surface area (Å²) in [5, 5.41) is 15.3. The van der Waals surface area contributed by atoms with Gasteiger partial charge in [0, 0.05) is 42.6 Å². The van der Waals surface area contributed by atoms with Crippen LogP contribution in [0.15, 0.2) is 23.1 Å². The van der Waals surface area contributed by atoms with Gasteiger partial charge in [-0.1, -0.05) is 23.2 Å². The molecular formula is C26H37Cl2N5O7S. The Hall–Kier alpha value is -2.45. The number of rotatable bonds is 12. The van der Waals surface area contributed by atoms with Crippen LogP contribution in [0.2, 0.25) is 10.0 Å². The molecule has 0 aromatic heterocycles. The monoisotopic (exact) mass is 633 g/mol. The summed E-state index contributed by atoms with van der Waals surface area (Å²) in [7, 11) is -0.490. The van der Waals surface area contributed by atoms with Crippen LogP contribution < -0.4 is 10.6 Å². The molecule has 1 aromatic rings. The highest BCUT2D eigenvalue weighted by atomic mass is 35.5. The van der Waals surface area contributed by atoms with Crippen LogP contribution in [0, 0.1) is 5.92 Å². The van der Waals surface area contributed by atoms with E-state index in [-0.39, 0.29) is 58.5 Å². The Kier molecular flexibility index (Phi) is 11.8. The van der Waals surface area contributed by atoms with E-state index in [9.17, 15) is 32.7 Å². The average molecular weight is 635 g/mol. The van der Waals surface area contributed by atoms with Crippen LogP contribution in [0.1, 0.15) is 38.5 Å². The summed E-state index contributed by atoms with van der Waals surface area (Å²) in [5.74, 6) is -2.07. The van der Waals surface area contributed by atoms with Crippen LogP contribution in [0.4, 0.5) is 0 Å². The van der Waals surface area contributed by atoms with Crippen LogP contribution >= 0.6 is 23.2 Å². The van der Waals surface area contributed by atoms with Crippen LogP contribution in [-0.2, 0) is 29.2 Å². The Bertz CT molecular complexity index is 1220. The molecule has 2 saturated heterocycles. The zero-order valence-corrected chi connectivity index (χ0v) is 25.5. The second-order valence-corrected chi connectivity index (χ2v) is 13.4. The Labute approximate surface area is 250 Å². The highest BCUT2D eigenvalue weighted by Crippen LogP contribution is 2.30. The van der Waals surface area contributed by atoms with E-state index >= 15 is 0 Å². The number of hydrogen-bond acceptors (Lipinski definition) is 7. The fraction of sp³-hybridized carbons (Fsp3) is 0.615. The van der Waals surface area contributed by atoms with Gasteiger partial charge in [-0.25, -0.2) is 13.2 Å². The van der Waals surface area contributed by atoms with Gasteiger partial charge in [-0.2, -0.15) is 4.31 Å². The summed E-state index contributed by atoms with van der Waals surface area (Å²) in [4.78, 5) is 52.9. The molecule has 2 heterocycles. The van der Waals surface area contributed by atoms with Gasteiger partial charge < -0.3 is 25.5 Å². The van der Waals surface area contributed by atoms with Crippen LogP contribution in [-0.4, -0.2) is 110 Å². The van der Waals surface area contributed by atoms with Gasteiger partial charge in [0.1, 0.15) is 12.1 Å². The van der Waals surface area contributed by atoms with E-state index in [2.05, 4.69) is 10.6 Å². The molecule has 0 bridgehead atoms. The van der Waals surface area contributed by atoms with Crippen molar-refractivity contribution in [1.82, 2.24) is 24.7 Å². The third-order valence-electron chi connectivity index (χ3n) is 7.23. The molecule has 12 nitrogen and oxygen atoms in total. The first kappa shape index (κ1) is 33.1. The molecule has 0 unspecified atom stereocenters. The predicted molar refractivity (Wildman–Crippen MR) is 153 cm³/mol. The fourth-order valence-corrected chi connectivity index (χ4v) is 7.43. The molecule has 2 fully saturated rings. The quantitative estimate of drug-likeness (QED) is 0.312. The molecule has 2 atom stereocenters. The Balaban J connectivity index is 1.52. The van der Waals surface area contributed by atoms with E-state index in [4.69, 9.17) is 23.2 Å². The van der Waals surface area contributed by atoms with Gasteiger partial charge in [-0.15, -0.1) is 0 Å². The third kappa shape index (κ3) is 9.27. The van der Waals surface area contributed by atoms with E-state index in [0.717, 1.165) is 17.1 Å². The first-order valence-electron chi connectivity index (χ1n) is 13.5. The highest BCUT2D eigenvalue weighted by molar-refractivity contribution is 7.89. The second kappa shape index (κ2) is 14.6. The number of halogens is 2. The lowest BCUT2D eigenvalue weighted by Gasteiger charge is -2.32. The lowest BCUT2D eigenvalue weighted by atomic mass is 9.96. The summed E-state index contributed by atoms with van der Waals surface area (Å²) >= 11 is 11.9. The van der Waals surface area contributed by atoms with Crippen molar-refractivity contribution in [2.24, 2.45) is 5.92 Å². The van der Waals surface area contributed by atoms with E-state index < -0.39 is 34.0 Å². The van der Waals surface area contributed by atoms with Crippen molar-refractivity contribution in [3.05, 3.63) is 28.2 Å². The van der Waals surface area contributed by atoms with Gasteiger partial charge in [-0.3, -0.25) is 14.4 Å². The molecule has 3 N–H and O–H groups in total. The number of benzene rings is 1. The number of sulfonamides is 1. The lowest BCUT2D eigenvalue weighted by Crippen LogP contribution is -2.51. The van der Waals surface area contributed by atoms with E-state index in [1.165, 1.54) is 18.2 Å². The number of carboxylic acid groups (broad SMARTS) is 1. The molecular weight excluding hydrogens is 597 g/mol. The molecule has 0 spiro atoms. The number of piperidine rings is 1. The molecule has 0 aliphatic carbocycles. The molecule has 2 aliphatic rings. The number of hydrogen-bond donors (Lipinski definition) is 3. The van der Waals surface area contributed by atoms with Gasteiger partial charge in [0.15, 0.2) is 0 Å². The van der Waals surface area contributed by atoms with Crippen molar-refractivity contribution >= 4 is 56.9 Å². The van der Waals surface area contributed by atoms with Crippen molar-refractivity contribution in [3.63, 3.8) is 0 Å². The third-order valence-corrected chi connectivity index (χ3v) is 9.55. The summed E-state index contributed by atoms with van der Waals surface area (Å²) in [6.45, 7) is 1.93. The van der Waals surface area contributed by atoms with Crippen molar-refractivity contribution in [1.29, 1.82) is 0 Å². The Morgan fingerprint density at radius 2 is 1.68 bits per heavy atom. The second-order valence-electron chi connectivity index (χ2n) is 10.7. The van der Waals surface area contributed by atoms with Crippen molar-refractivity contribution < 1.29 is 32.7 Å². The molecule has 1 aromatic carbocycles. The lowest BCUT2D eigenvalue weighted by molar-refractivity contribution is -0.143. The first-order chi connectivity index (χ1) is 19.3. The predicted octanol–water partition coefficient (Wildman–Crippen LogP) is 1.41. The maximum atomic E-state index is 13.2. The van der Waals surface area contributed by atoms with Crippen molar-refractivity contribution in [3.8, 4) is 0 Å². The Morgan fingerprint density at radius 1 is 1.05 bits per heavy atom. The average Bonchev–Trinajstić information content (AvgIpc) is 3.40. The van der Waals surface area contributed by atoms with Crippen LogP contribution in [0.3, 0.4) is 0 Å². The minimum atomic E-state index is -4.12. The zero-order chi connectivity index (χ0) is 30.3. The molecule has 0 radical (unpaired) electrons. The number of likely N-dealkylation sites (N-methyl/N-ethyl adjacent to an activating group) is 1. The van der Waals surface area contributed by atoms with E-state index in [1.54, 1.807) is 9.80 Å². The normalized spacial score (nSPS) is 19.2. The minimum absolute atomic E-state index is 0.0533. The van der Waals surface area contributed by atoms with Gasteiger partial charge in [0.25, 0.3) is 0 Å². The van der Waals surface area contributed by atoms with Crippen LogP contribution in [0.5, 0.6) is 0 Å². The first-order valence-corrected chi connectivity index (χ1v) is 15.7. The Morgan fingerprint density at radius 3 is 2.27 bits per heavy atom.